The Morgan fingerprint density at radius 2 is 1.18 bits per heavy atom. The highest BCUT2D eigenvalue weighted by Gasteiger charge is 2.31. The van der Waals surface area contributed by atoms with Crippen molar-refractivity contribution in [2.24, 2.45) is 4.99 Å². The van der Waals surface area contributed by atoms with Gasteiger partial charge in [0.1, 0.15) is 11.2 Å². The highest BCUT2D eigenvalue weighted by Crippen LogP contribution is 2.45. The number of benzene rings is 9. The van der Waals surface area contributed by atoms with Gasteiger partial charge in [-0.05, 0) is 93.2 Å². The van der Waals surface area contributed by atoms with Gasteiger partial charge in [0.2, 0.25) is 5.96 Å². The first-order valence-corrected chi connectivity index (χ1v) is 22.9. The summed E-state index contributed by atoms with van der Waals surface area (Å²) in [6.45, 7) is 0. The van der Waals surface area contributed by atoms with Crippen LogP contribution < -0.4 is 10.2 Å². The van der Waals surface area contributed by atoms with Gasteiger partial charge in [-0.15, -0.1) is 0 Å². The van der Waals surface area contributed by atoms with E-state index in [9.17, 15) is 0 Å². The molecule has 1 N–H and O–H groups in total. The molecule has 0 fully saturated rings. The first-order chi connectivity index (χ1) is 33.2. The van der Waals surface area contributed by atoms with Crippen LogP contribution >= 0.6 is 0 Å². The van der Waals surface area contributed by atoms with E-state index >= 15 is 0 Å². The molecule has 2 aliphatic heterocycles. The molecule has 0 amide bonds. The number of furan rings is 1. The van der Waals surface area contributed by atoms with E-state index in [4.69, 9.17) is 9.41 Å². The van der Waals surface area contributed by atoms with Crippen molar-refractivity contribution in [3.05, 3.63) is 241 Å². The number of guanidine groups is 1. The van der Waals surface area contributed by atoms with Gasteiger partial charge in [-0.25, -0.2) is 4.99 Å². The van der Waals surface area contributed by atoms with E-state index < -0.39 is 0 Å². The van der Waals surface area contributed by atoms with Gasteiger partial charge in [0.05, 0.1) is 34.1 Å². The van der Waals surface area contributed by atoms with Gasteiger partial charge >= 0.3 is 0 Å². The zero-order chi connectivity index (χ0) is 44.0. The van der Waals surface area contributed by atoms with Gasteiger partial charge in [0, 0.05) is 43.9 Å². The molecule has 314 valence electrons. The second-order valence-corrected chi connectivity index (χ2v) is 17.5. The summed E-state index contributed by atoms with van der Waals surface area (Å²) in [6.07, 6.45) is 13.1. The Morgan fingerprint density at radius 1 is 0.478 bits per heavy atom. The molecular weight excluding hydrogens is 817 g/mol. The zero-order valence-electron chi connectivity index (χ0n) is 36.3. The van der Waals surface area contributed by atoms with E-state index in [1.54, 1.807) is 0 Å². The molecule has 1 aliphatic carbocycles. The molecule has 0 saturated heterocycles. The van der Waals surface area contributed by atoms with Crippen LogP contribution in [-0.4, -0.2) is 16.6 Å². The summed E-state index contributed by atoms with van der Waals surface area (Å²) in [5, 5.41) is 11.0. The third kappa shape index (κ3) is 5.91. The van der Waals surface area contributed by atoms with Crippen molar-refractivity contribution in [3.8, 4) is 27.9 Å². The molecule has 1 atom stereocenters. The smallest absolute Gasteiger partial charge is 0.209 e. The van der Waals surface area contributed by atoms with Gasteiger partial charge < -0.3 is 14.3 Å². The monoisotopic (exact) mass is 856 g/mol. The third-order valence-corrected chi connectivity index (χ3v) is 13.8. The number of fused-ring (bicyclic) bond motifs is 10. The molecule has 2 aromatic heterocycles. The molecule has 0 bridgehead atoms. The lowest BCUT2D eigenvalue weighted by molar-refractivity contribution is 0.669. The normalized spacial score (nSPS) is 15.3. The van der Waals surface area contributed by atoms with Crippen molar-refractivity contribution in [3.63, 3.8) is 0 Å². The maximum absolute atomic E-state index is 6.49. The summed E-state index contributed by atoms with van der Waals surface area (Å²) in [4.78, 5) is 7.97. The number of hydrogen-bond donors (Lipinski definition) is 1. The molecule has 9 aromatic carbocycles. The summed E-state index contributed by atoms with van der Waals surface area (Å²) >= 11 is 0. The SMILES string of the molecule is C1=CC2=C(c3ccc(-c4cccc5ccccc45)cc3)N=C(N3c4ccc(-c5cccc6c5c5ccccc5n6-c5ccccc5)cc4C=Cc4cc5oc6ccccc6c5cc43)NC2C=C1. The summed E-state index contributed by atoms with van der Waals surface area (Å²) in [6, 6.07) is 69.7. The molecule has 4 heterocycles. The maximum Gasteiger partial charge on any atom is 0.209 e. The number of nitrogens with one attached hydrogen (secondary N) is 1. The first-order valence-electron chi connectivity index (χ1n) is 22.9. The fourth-order valence-corrected chi connectivity index (χ4v) is 10.7. The molecule has 0 spiro atoms. The van der Waals surface area contributed by atoms with Crippen LogP contribution in [0.3, 0.4) is 0 Å². The van der Waals surface area contributed by atoms with E-state index in [1.165, 1.54) is 49.3 Å². The lowest BCUT2D eigenvalue weighted by Gasteiger charge is -2.35. The van der Waals surface area contributed by atoms with Crippen LogP contribution in [-0.2, 0) is 0 Å². The number of rotatable bonds is 4. The van der Waals surface area contributed by atoms with Crippen molar-refractivity contribution in [2.45, 2.75) is 6.04 Å². The zero-order valence-corrected chi connectivity index (χ0v) is 36.3. The van der Waals surface area contributed by atoms with Crippen molar-refractivity contribution in [1.29, 1.82) is 0 Å². The highest BCUT2D eigenvalue weighted by atomic mass is 16.3. The van der Waals surface area contributed by atoms with Crippen molar-refractivity contribution in [1.82, 2.24) is 9.88 Å². The molecule has 5 nitrogen and oxygen atoms in total. The third-order valence-electron chi connectivity index (χ3n) is 13.8. The predicted molar refractivity (Wildman–Crippen MR) is 280 cm³/mol. The van der Waals surface area contributed by atoms with E-state index in [0.717, 1.165) is 78.5 Å². The lowest BCUT2D eigenvalue weighted by atomic mass is 9.93. The molecule has 14 rings (SSSR count). The van der Waals surface area contributed by atoms with Crippen LogP contribution in [0.25, 0.3) is 100 Å². The molecule has 5 heteroatoms. The molecule has 0 radical (unpaired) electrons. The van der Waals surface area contributed by atoms with Crippen LogP contribution in [0, 0.1) is 0 Å². The second-order valence-electron chi connectivity index (χ2n) is 17.5. The van der Waals surface area contributed by atoms with Gasteiger partial charge in [-0.3, -0.25) is 4.90 Å². The van der Waals surface area contributed by atoms with Crippen LogP contribution in [0.1, 0.15) is 16.7 Å². The van der Waals surface area contributed by atoms with Crippen molar-refractivity contribution < 1.29 is 4.42 Å². The number of hydrogen-bond acceptors (Lipinski definition) is 4. The molecular formula is C62H40N4O. The Kier molecular flexibility index (Phi) is 8.28. The molecule has 1 unspecified atom stereocenters. The number of allylic oxidation sites excluding steroid dienone is 2. The van der Waals surface area contributed by atoms with Gasteiger partial charge in [-0.1, -0.05) is 176 Å². The summed E-state index contributed by atoms with van der Waals surface area (Å²) in [7, 11) is 0. The topological polar surface area (TPSA) is 45.7 Å². The van der Waals surface area contributed by atoms with Crippen LogP contribution in [0.15, 0.2) is 233 Å². The molecule has 0 saturated carbocycles. The van der Waals surface area contributed by atoms with E-state index in [1.807, 2.05) is 12.1 Å². The van der Waals surface area contributed by atoms with Gasteiger partial charge in [0.15, 0.2) is 0 Å². The summed E-state index contributed by atoms with van der Waals surface area (Å²) < 4.78 is 8.87. The first kappa shape index (κ1) is 37.4. The molecule has 3 aliphatic rings. The lowest BCUT2D eigenvalue weighted by Crippen LogP contribution is -2.47. The van der Waals surface area contributed by atoms with Crippen molar-refractivity contribution in [2.75, 3.05) is 4.90 Å². The minimum Gasteiger partial charge on any atom is -0.456 e. The minimum atomic E-state index is -0.0920. The Labute approximate surface area is 386 Å². The molecule has 11 aromatic rings. The average Bonchev–Trinajstić information content (AvgIpc) is 3.88. The fraction of sp³-hybridized carbons (Fsp3) is 0.0161. The van der Waals surface area contributed by atoms with Gasteiger partial charge in [0.25, 0.3) is 0 Å². The van der Waals surface area contributed by atoms with Crippen LogP contribution in [0.2, 0.25) is 0 Å². The average molecular weight is 857 g/mol. The van der Waals surface area contributed by atoms with Crippen molar-refractivity contribution >= 4 is 89.7 Å². The number of para-hydroxylation sites is 3. The maximum atomic E-state index is 6.49. The number of aliphatic imine (C=N–C) groups is 1. The summed E-state index contributed by atoms with van der Waals surface area (Å²) in [5.41, 5.74) is 17.2. The number of nitrogens with zero attached hydrogens (tertiary/aromatic N) is 3. The Hall–Kier alpha value is -8.93. The quantitative estimate of drug-likeness (QED) is 0.192. The Bertz CT molecular complexity index is 4010. The van der Waals surface area contributed by atoms with E-state index in [2.05, 4.69) is 233 Å². The highest BCUT2D eigenvalue weighted by molar-refractivity contribution is 6.18. The largest absolute Gasteiger partial charge is 0.456 e. The van der Waals surface area contributed by atoms with E-state index in [-0.39, 0.29) is 6.04 Å². The predicted octanol–water partition coefficient (Wildman–Crippen LogP) is 15.7. The van der Waals surface area contributed by atoms with Crippen LogP contribution in [0.5, 0.6) is 0 Å². The standard InChI is InChI=1S/C62H40N4O/c1-2-16-45(17-3-1)65-55-25-10-7-21-51(55)60-48(23-13-26-56(60)65)42-34-35-54-43(36-42)32-33-44-37-59-52(49-19-8-11-27-58(49)67-59)38-57(44)66(54)62-63-53-24-9-6-20-50(53)61(64-62)41-30-28-40(29-31-41)47-22-12-15-39-14-4-5-18-46(39)47/h1-38,53H,(H,63,64). The Morgan fingerprint density at radius 3 is 2.07 bits per heavy atom. The van der Waals surface area contributed by atoms with Crippen LogP contribution in [0.4, 0.5) is 11.4 Å². The second kappa shape index (κ2) is 14.8. The Balaban J connectivity index is 0.954. The number of aromatic nitrogens is 1. The number of anilines is 2. The fourth-order valence-electron chi connectivity index (χ4n) is 10.7. The van der Waals surface area contributed by atoms with E-state index in [0.29, 0.717) is 0 Å². The molecule has 67 heavy (non-hydrogen) atoms. The van der Waals surface area contributed by atoms with Gasteiger partial charge in [-0.2, -0.15) is 0 Å². The summed E-state index contributed by atoms with van der Waals surface area (Å²) in [5.74, 6) is 0.751. The minimum absolute atomic E-state index is 0.0920.